The molecule has 0 bridgehead atoms. The number of likely N-dealkylation sites (tertiary alicyclic amines) is 1. The van der Waals surface area contributed by atoms with Crippen molar-refractivity contribution in [3.05, 3.63) is 65.7 Å². The fourth-order valence-electron chi connectivity index (χ4n) is 6.06. The van der Waals surface area contributed by atoms with Crippen molar-refractivity contribution >= 4 is 17.5 Å². The molecule has 0 aromatic heterocycles. The van der Waals surface area contributed by atoms with E-state index in [0.29, 0.717) is 13.0 Å². The Bertz CT molecular complexity index is 1040. The highest BCUT2D eigenvalue weighted by Crippen LogP contribution is 2.29. The number of hydrogen-bond donors (Lipinski definition) is 1. The van der Waals surface area contributed by atoms with Gasteiger partial charge in [0.05, 0.1) is 0 Å². The van der Waals surface area contributed by atoms with Crippen LogP contribution in [0.1, 0.15) is 30.4 Å². The predicted molar refractivity (Wildman–Crippen MR) is 143 cm³/mol. The number of carbonyl (C=O) groups excluding carboxylic acids is 2. The zero-order valence-corrected chi connectivity index (χ0v) is 21.6. The van der Waals surface area contributed by atoms with E-state index in [1.807, 2.05) is 11.0 Å². The SMILES string of the molecule is Cc1ccc(CN2CC[C@H]3[C@H]2C(=O)NC[C@H](CCC(=O)N2CCN(c4ccccc4)CC2)N3C)cc1. The number of carbonyl (C=O) groups is 2. The molecule has 0 spiro atoms. The molecule has 5 rings (SSSR count). The van der Waals surface area contributed by atoms with Crippen LogP contribution in [-0.4, -0.2) is 91.0 Å². The normalized spacial score (nSPS) is 25.4. The zero-order chi connectivity index (χ0) is 25.1. The summed E-state index contributed by atoms with van der Waals surface area (Å²) >= 11 is 0. The molecular formula is C29H39N5O2. The van der Waals surface area contributed by atoms with Crippen LogP contribution in [-0.2, 0) is 16.1 Å². The molecule has 1 N–H and O–H groups in total. The molecule has 7 nitrogen and oxygen atoms in total. The van der Waals surface area contributed by atoms with E-state index in [1.54, 1.807) is 0 Å². The smallest absolute Gasteiger partial charge is 0.239 e. The van der Waals surface area contributed by atoms with Crippen LogP contribution < -0.4 is 10.2 Å². The van der Waals surface area contributed by atoms with Gasteiger partial charge in [-0.05, 0) is 44.5 Å². The molecule has 0 saturated carbocycles. The first kappa shape index (κ1) is 24.8. The zero-order valence-electron chi connectivity index (χ0n) is 21.6. The highest BCUT2D eigenvalue weighted by Gasteiger charge is 2.45. The van der Waals surface area contributed by atoms with Gasteiger partial charge in [0, 0.05) is 70.0 Å². The number of nitrogens with one attached hydrogen (secondary N) is 1. The molecular weight excluding hydrogens is 450 g/mol. The van der Waals surface area contributed by atoms with Crippen LogP contribution in [0.4, 0.5) is 5.69 Å². The molecule has 2 amide bonds. The summed E-state index contributed by atoms with van der Waals surface area (Å²) in [6, 6.07) is 19.2. The van der Waals surface area contributed by atoms with Crippen molar-refractivity contribution in [2.75, 3.05) is 51.2 Å². The summed E-state index contributed by atoms with van der Waals surface area (Å²) in [5, 5.41) is 3.19. The Balaban J connectivity index is 1.14. The largest absolute Gasteiger partial charge is 0.368 e. The summed E-state index contributed by atoms with van der Waals surface area (Å²) in [7, 11) is 2.14. The second kappa shape index (κ2) is 11.0. The average Bonchev–Trinajstić information content (AvgIpc) is 3.28. The molecule has 3 atom stereocenters. The van der Waals surface area contributed by atoms with E-state index in [2.05, 4.69) is 82.5 Å². The van der Waals surface area contributed by atoms with Gasteiger partial charge < -0.3 is 15.1 Å². The number of anilines is 1. The van der Waals surface area contributed by atoms with Crippen molar-refractivity contribution in [3.63, 3.8) is 0 Å². The number of hydrogen-bond acceptors (Lipinski definition) is 5. The Kier molecular flexibility index (Phi) is 7.58. The summed E-state index contributed by atoms with van der Waals surface area (Å²) in [6.45, 7) is 7.69. The van der Waals surface area contributed by atoms with Crippen LogP contribution in [0.15, 0.2) is 54.6 Å². The Morgan fingerprint density at radius 3 is 2.42 bits per heavy atom. The van der Waals surface area contributed by atoms with Crippen molar-refractivity contribution in [3.8, 4) is 0 Å². The number of rotatable bonds is 6. The summed E-state index contributed by atoms with van der Waals surface area (Å²) in [5.74, 6) is 0.359. The van der Waals surface area contributed by atoms with Crippen LogP contribution in [0.25, 0.3) is 0 Å². The van der Waals surface area contributed by atoms with Gasteiger partial charge in [-0.2, -0.15) is 0 Å². The molecule has 3 fully saturated rings. The van der Waals surface area contributed by atoms with Crippen molar-refractivity contribution in [2.45, 2.75) is 50.9 Å². The third kappa shape index (κ3) is 5.42. The second-order valence-corrected chi connectivity index (χ2v) is 10.6. The first-order valence-electron chi connectivity index (χ1n) is 13.4. The average molecular weight is 490 g/mol. The molecule has 2 aromatic rings. The fourth-order valence-corrected chi connectivity index (χ4v) is 6.06. The van der Waals surface area contributed by atoms with E-state index in [-0.39, 0.29) is 29.9 Å². The van der Waals surface area contributed by atoms with E-state index < -0.39 is 0 Å². The van der Waals surface area contributed by atoms with Crippen molar-refractivity contribution in [1.29, 1.82) is 0 Å². The molecule has 3 saturated heterocycles. The number of aryl methyl sites for hydroxylation is 1. The van der Waals surface area contributed by atoms with Crippen LogP contribution in [0.3, 0.4) is 0 Å². The quantitative estimate of drug-likeness (QED) is 0.676. The van der Waals surface area contributed by atoms with E-state index in [4.69, 9.17) is 0 Å². The third-order valence-electron chi connectivity index (χ3n) is 8.30. The molecule has 36 heavy (non-hydrogen) atoms. The number of likely N-dealkylation sites (N-methyl/N-ethyl adjacent to an activating group) is 1. The summed E-state index contributed by atoms with van der Waals surface area (Å²) in [4.78, 5) is 35.2. The van der Waals surface area contributed by atoms with Crippen molar-refractivity contribution < 1.29 is 9.59 Å². The fraction of sp³-hybridized carbons (Fsp3) is 0.517. The Hall–Kier alpha value is -2.90. The van der Waals surface area contributed by atoms with Gasteiger partial charge in [0.2, 0.25) is 11.8 Å². The Morgan fingerprint density at radius 2 is 1.69 bits per heavy atom. The topological polar surface area (TPSA) is 59.1 Å². The maximum Gasteiger partial charge on any atom is 0.239 e. The molecule has 0 unspecified atom stereocenters. The van der Waals surface area contributed by atoms with Crippen LogP contribution >= 0.6 is 0 Å². The summed E-state index contributed by atoms with van der Waals surface area (Å²) < 4.78 is 0. The van der Waals surface area contributed by atoms with Crippen LogP contribution in [0, 0.1) is 6.92 Å². The molecule has 3 aliphatic rings. The molecule has 3 aliphatic heterocycles. The number of para-hydroxylation sites is 1. The maximum absolute atomic E-state index is 13.1. The number of nitrogens with zero attached hydrogens (tertiary/aromatic N) is 4. The predicted octanol–water partition coefficient (Wildman–Crippen LogP) is 2.50. The van der Waals surface area contributed by atoms with Gasteiger partial charge in [0.1, 0.15) is 6.04 Å². The van der Waals surface area contributed by atoms with E-state index >= 15 is 0 Å². The number of benzene rings is 2. The van der Waals surface area contributed by atoms with Crippen LogP contribution in [0.5, 0.6) is 0 Å². The second-order valence-electron chi connectivity index (χ2n) is 10.6. The van der Waals surface area contributed by atoms with Gasteiger partial charge in [0.15, 0.2) is 0 Å². The van der Waals surface area contributed by atoms with Gasteiger partial charge in [-0.3, -0.25) is 19.4 Å². The lowest BCUT2D eigenvalue weighted by Gasteiger charge is -2.37. The third-order valence-corrected chi connectivity index (χ3v) is 8.30. The van der Waals surface area contributed by atoms with Gasteiger partial charge in [-0.1, -0.05) is 48.0 Å². The van der Waals surface area contributed by atoms with Gasteiger partial charge >= 0.3 is 0 Å². The lowest BCUT2D eigenvalue weighted by Crippen LogP contribution is -2.50. The summed E-state index contributed by atoms with van der Waals surface area (Å²) in [6.07, 6.45) is 2.28. The van der Waals surface area contributed by atoms with E-state index in [9.17, 15) is 9.59 Å². The van der Waals surface area contributed by atoms with Gasteiger partial charge in [0.25, 0.3) is 0 Å². The molecule has 3 heterocycles. The molecule has 192 valence electrons. The molecule has 7 heteroatoms. The van der Waals surface area contributed by atoms with Gasteiger partial charge in [-0.25, -0.2) is 0 Å². The number of piperazine rings is 1. The monoisotopic (exact) mass is 489 g/mol. The highest BCUT2D eigenvalue weighted by atomic mass is 16.2. The van der Waals surface area contributed by atoms with E-state index in [1.165, 1.54) is 16.8 Å². The maximum atomic E-state index is 13.1. The van der Waals surface area contributed by atoms with Crippen molar-refractivity contribution in [1.82, 2.24) is 20.0 Å². The first-order chi connectivity index (χ1) is 17.5. The number of fused-ring (bicyclic) bond motifs is 1. The Morgan fingerprint density at radius 1 is 0.972 bits per heavy atom. The Labute approximate surface area is 215 Å². The molecule has 0 radical (unpaired) electrons. The van der Waals surface area contributed by atoms with E-state index in [0.717, 1.165) is 52.1 Å². The summed E-state index contributed by atoms with van der Waals surface area (Å²) in [5.41, 5.74) is 3.72. The minimum atomic E-state index is -0.136. The standard InChI is InChI=1S/C29H39N5O2/c1-22-8-10-23(11-9-22)21-34-15-14-26-28(34)29(36)30-20-25(31(26)2)12-13-27(35)33-18-16-32(17-19-33)24-6-4-3-5-7-24/h3-11,25-26,28H,12-21H2,1-2H3,(H,30,36)/t25-,26-,28-/m0/s1. The minimum absolute atomic E-state index is 0.127. The lowest BCUT2D eigenvalue weighted by molar-refractivity contribution is -0.132. The first-order valence-corrected chi connectivity index (χ1v) is 13.4. The minimum Gasteiger partial charge on any atom is -0.368 e. The van der Waals surface area contributed by atoms with Crippen LogP contribution in [0.2, 0.25) is 0 Å². The lowest BCUT2D eigenvalue weighted by atomic mass is 10.0. The van der Waals surface area contributed by atoms with Crippen molar-refractivity contribution in [2.24, 2.45) is 0 Å². The van der Waals surface area contributed by atoms with Gasteiger partial charge in [-0.15, -0.1) is 0 Å². The molecule has 0 aliphatic carbocycles. The highest BCUT2D eigenvalue weighted by molar-refractivity contribution is 5.83. The molecule has 2 aromatic carbocycles. The number of amides is 2.